The minimum atomic E-state index is -0.414. The molecule has 3 amide bonds. The Kier molecular flexibility index (Phi) is 5.94. The molecule has 1 aromatic rings. The topological polar surface area (TPSA) is 77.6 Å². The molecule has 0 radical (unpaired) electrons. The number of imide groups is 1. The van der Waals surface area contributed by atoms with Gasteiger partial charge in [-0.3, -0.25) is 15.0 Å². The molecule has 8 heteroatoms. The molecule has 2 N–H and O–H groups in total. The van der Waals surface area contributed by atoms with Crippen LogP contribution in [0.25, 0.3) is 0 Å². The lowest BCUT2D eigenvalue weighted by Gasteiger charge is -2.33. The number of hydrogen-bond acceptors (Lipinski definition) is 6. The second kappa shape index (κ2) is 7.94. The number of anilines is 1. The summed E-state index contributed by atoms with van der Waals surface area (Å²) in [5, 5.41) is 7.96. The van der Waals surface area contributed by atoms with Crippen molar-refractivity contribution in [1.82, 2.24) is 20.5 Å². The predicted molar refractivity (Wildman–Crippen MR) is 82.6 cm³/mol. The average molecular weight is 311 g/mol. The summed E-state index contributed by atoms with van der Waals surface area (Å²) in [6, 6.07) is -0.414. The van der Waals surface area contributed by atoms with Gasteiger partial charge in [-0.25, -0.2) is 9.78 Å². The molecule has 7 nitrogen and oxygen atoms in total. The fourth-order valence-electron chi connectivity index (χ4n) is 2.12. The van der Waals surface area contributed by atoms with Crippen molar-refractivity contribution in [3.63, 3.8) is 0 Å². The van der Waals surface area contributed by atoms with Gasteiger partial charge in [-0.2, -0.15) is 0 Å². The van der Waals surface area contributed by atoms with Gasteiger partial charge in [0.1, 0.15) is 0 Å². The van der Waals surface area contributed by atoms with Crippen LogP contribution in [0.15, 0.2) is 11.6 Å². The zero-order valence-corrected chi connectivity index (χ0v) is 13.0. The van der Waals surface area contributed by atoms with Gasteiger partial charge in [0.05, 0.1) is 6.54 Å². The molecule has 0 spiro atoms. The number of carbonyl (C=O) groups is 2. The Hall–Kier alpha value is -1.67. The van der Waals surface area contributed by atoms with Gasteiger partial charge in [0.15, 0.2) is 5.13 Å². The molecule has 1 fully saturated rings. The number of piperazine rings is 1. The Morgan fingerprint density at radius 3 is 2.71 bits per heavy atom. The summed E-state index contributed by atoms with van der Waals surface area (Å²) in [5.74, 6) is -0.258. The number of nitrogens with one attached hydrogen (secondary N) is 2. The third-order valence-corrected chi connectivity index (χ3v) is 4.05. The maximum absolute atomic E-state index is 11.8. The standard InChI is InChI=1S/C13H21N5O2S/c1-2-3-14-12(20)16-11(19)10-17-5-7-18(8-6-17)13-15-4-9-21-13/h4,9H,2-3,5-8,10H2,1H3,(H2,14,16,19,20). The van der Waals surface area contributed by atoms with Gasteiger partial charge in [0, 0.05) is 44.3 Å². The number of hydrogen-bond donors (Lipinski definition) is 2. The van der Waals surface area contributed by atoms with Gasteiger partial charge in [0.2, 0.25) is 5.91 Å². The van der Waals surface area contributed by atoms with Crippen LogP contribution < -0.4 is 15.5 Å². The number of rotatable bonds is 5. The molecule has 0 saturated carbocycles. The number of nitrogens with zero attached hydrogens (tertiary/aromatic N) is 3. The maximum atomic E-state index is 11.8. The van der Waals surface area contributed by atoms with E-state index in [1.807, 2.05) is 17.2 Å². The van der Waals surface area contributed by atoms with Crippen molar-refractivity contribution in [2.75, 3.05) is 44.2 Å². The first kappa shape index (κ1) is 15.7. The second-order valence-electron chi connectivity index (χ2n) is 4.88. The predicted octanol–water partition coefficient (Wildman–Crippen LogP) is 0.501. The zero-order valence-electron chi connectivity index (χ0n) is 12.2. The number of carbonyl (C=O) groups excluding carboxylic acids is 2. The highest BCUT2D eigenvalue weighted by Gasteiger charge is 2.20. The number of urea groups is 1. The number of aromatic nitrogens is 1. The molecule has 0 aromatic carbocycles. The van der Waals surface area contributed by atoms with E-state index in [4.69, 9.17) is 0 Å². The summed E-state index contributed by atoms with van der Waals surface area (Å²) in [6.07, 6.45) is 2.65. The highest BCUT2D eigenvalue weighted by molar-refractivity contribution is 7.13. The quantitative estimate of drug-likeness (QED) is 0.828. The third-order valence-electron chi connectivity index (χ3n) is 3.22. The molecule has 1 aliphatic heterocycles. The molecule has 0 aliphatic carbocycles. The number of thiazole rings is 1. The summed E-state index contributed by atoms with van der Waals surface area (Å²) in [4.78, 5) is 31.7. The van der Waals surface area contributed by atoms with Gasteiger partial charge in [-0.15, -0.1) is 11.3 Å². The normalized spacial score (nSPS) is 15.8. The van der Waals surface area contributed by atoms with Gasteiger partial charge in [0.25, 0.3) is 0 Å². The van der Waals surface area contributed by atoms with Gasteiger partial charge < -0.3 is 10.2 Å². The summed E-state index contributed by atoms with van der Waals surface area (Å²) in [7, 11) is 0. The minimum absolute atomic E-state index is 0.255. The van der Waals surface area contributed by atoms with Gasteiger partial charge in [-0.1, -0.05) is 6.92 Å². The maximum Gasteiger partial charge on any atom is 0.321 e. The van der Waals surface area contributed by atoms with E-state index in [1.165, 1.54) is 0 Å². The minimum Gasteiger partial charge on any atom is -0.346 e. The van der Waals surface area contributed by atoms with Crippen molar-refractivity contribution in [2.24, 2.45) is 0 Å². The Morgan fingerprint density at radius 1 is 1.33 bits per heavy atom. The molecule has 2 heterocycles. The summed E-state index contributed by atoms with van der Waals surface area (Å²) in [5.41, 5.74) is 0. The van der Waals surface area contributed by atoms with Crippen LogP contribution >= 0.6 is 11.3 Å². The van der Waals surface area contributed by atoms with E-state index in [9.17, 15) is 9.59 Å². The Balaban J connectivity index is 1.68. The van der Waals surface area contributed by atoms with E-state index >= 15 is 0 Å². The average Bonchev–Trinajstić information content (AvgIpc) is 3.00. The van der Waals surface area contributed by atoms with E-state index in [-0.39, 0.29) is 12.5 Å². The van der Waals surface area contributed by atoms with Crippen molar-refractivity contribution in [3.8, 4) is 0 Å². The molecule has 1 aromatic heterocycles. The molecular formula is C13H21N5O2S. The molecule has 0 unspecified atom stereocenters. The first-order chi connectivity index (χ1) is 10.2. The van der Waals surface area contributed by atoms with Crippen LogP contribution in [-0.4, -0.2) is 61.1 Å². The second-order valence-corrected chi connectivity index (χ2v) is 5.75. The highest BCUT2D eigenvalue weighted by Crippen LogP contribution is 2.18. The van der Waals surface area contributed by atoms with Crippen LogP contribution in [0.3, 0.4) is 0 Å². The molecule has 2 rings (SSSR count). The lowest BCUT2D eigenvalue weighted by Crippen LogP contribution is -2.51. The van der Waals surface area contributed by atoms with Crippen LogP contribution in [0.1, 0.15) is 13.3 Å². The van der Waals surface area contributed by atoms with E-state index in [0.717, 1.165) is 37.7 Å². The van der Waals surface area contributed by atoms with Gasteiger partial charge >= 0.3 is 6.03 Å². The molecule has 116 valence electrons. The SMILES string of the molecule is CCCNC(=O)NC(=O)CN1CCN(c2nccs2)CC1. The van der Waals surface area contributed by atoms with Crippen molar-refractivity contribution in [2.45, 2.75) is 13.3 Å². The monoisotopic (exact) mass is 311 g/mol. The largest absolute Gasteiger partial charge is 0.346 e. The summed E-state index contributed by atoms with van der Waals surface area (Å²) < 4.78 is 0. The van der Waals surface area contributed by atoms with Crippen molar-refractivity contribution >= 4 is 28.4 Å². The fraction of sp³-hybridized carbons (Fsp3) is 0.615. The zero-order chi connectivity index (χ0) is 15.1. The van der Waals surface area contributed by atoms with Crippen molar-refractivity contribution in [1.29, 1.82) is 0 Å². The lowest BCUT2D eigenvalue weighted by molar-refractivity contribution is -0.121. The molecule has 0 bridgehead atoms. The molecule has 1 aliphatic rings. The molecule has 21 heavy (non-hydrogen) atoms. The van der Waals surface area contributed by atoms with Gasteiger partial charge in [-0.05, 0) is 6.42 Å². The van der Waals surface area contributed by atoms with E-state index in [0.29, 0.717) is 6.54 Å². The third kappa shape index (κ3) is 4.98. The molecule has 1 saturated heterocycles. The number of amides is 3. The Morgan fingerprint density at radius 2 is 2.10 bits per heavy atom. The first-order valence-corrected chi connectivity index (χ1v) is 8.01. The Bertz CT molecular complexity index is 457. The van der Waals surface area contributed by atoms with Crippen LogP contribution in [0, 0.1) is 0 Å². The van der Waals surface area contributed by atoms with Crippen LogP contribution in [0.4, 0.5) is 9.93 Å². The van der Waals surface area contributed by atoms with E-state index in [1.54, 1.807) is 17.5 Å². The fourth-order valence-corrected chi connectivity index (χ4v) is 2.82. The van der Waals surface area contributed by atoms with E-state index in [2.05, 4.69) is 20.5 Å². The molecular weight excluding hydrogens is 290 g/mol. The summed E-state index contributed by atoms with van der Waals surface area (Å²) >= 11 is 1.62. The molecule has 0 atom stereocenters. The first-order valence-electron chi connectivity index (χ1n) is 7.13. The van der Waals surface area contributed by atoms with Crippen LogP contribution in [-0.2, 0) is 4.79 Å². The van der Waals surface area contributed by atoms with E-state index < -0.39 is 6.03 Å². The van der Waals surface area contributed by atoms with Crippen LogP contribution in [0.2, 0.25) is 0 Å². The van der Waals surface area contributed by atoms with Crippen LogP contribution in [0.5, 0.6) is 0 Å². The summed E-state index contributed by atoms with van der Waals surface area (Å²) in [6.45, 7) is 6.08. The smallest absolute Gasteiger partial charge is 0.321 e. The van der Waals surface area contributed by atoms with Crippen molar-refractivity contribution < 1.29 is 9.59 Å². The highest BCUT2D eigenvalue weighted by atomic mass is 32.1. The Labute approximate surface area is 128 Å². The lowest BCUT2D eigenvalue weighted by atomic mass is 10.3. The van der Waals surface area contributed by atoms with Crippen molar-refractivity contribution in [3.05, 3.63) is 11.6 Å².